The van der Waals surface area contributed by atoms with E-state index in [1.807, 2.05) is 19.9 Å². The minimum absolute atomic E-state index is 0.0706. The third kappa shape index (κ3) is 3.55. The molecule has 0 saturated carbocycles. The molecule has 0 spiro atoms. The van der Waals surface area contributed by atoms with Gasteiger partial charge in [0.15, 0.2) is 11.5 Å². The van der Waals surface area contributed by atoms with Crippen LogP contribution >= 0.6 is 0 Å². The number of amides is 1. The number of carbonyl (C=O) groups is 1. The number of rotatable bonds is 5. The second-order valence-corrected chi connectivity index (χ2v) is 6.24. The van der Waals surface area contributed by atoms with Gasteiger partial charge < -0.3 is 19.6 Å². The van der Waals surface area contributed by atoms with E-state index in [1.165, 1.54) is 6.42 Å². The summed E-state index contributed by atoms with van der Waals surface area (Å²) >= 11 is 0. The molecule has 2 N–H and O–H groups in total. The predicted molar refractivity (Wildman–Crippen MR) is 104 cm³/mol. The molecular weight excluding hydrogens is 344 g/mol. The molecule has 7 heteroatoms. The number of fused-ring (bicyclic) bond motifs is 3. The van der Waals surface area contributed by atoms with E-state index in [0.717, 1.165) is 19.6 Å². The van der Waals surface area contributed by atoms with Crippen molar-refractivity contribution in [3.05, 3.63) is 42.2 Å². The highest BCUT2D eigenvalue weighted by Gasteiger charge is 2.29. The second-order valence-electron chi connectivity index (χ2n) is 6.24. The van der Waals surface area contributed by atoms with Gasteiger partial charge in [0, 0.05) is 24.2 Å². The molecule has 4 rings (SSSR count). The average Bonchev–Trinajstić information content (AvgIpc) is 3.10. The summed E-state index contributed by atoms with van der Waals surface area (Å²) in [6, 6.07) is 5.11. The van der Waals surface area contributed by atoms with Gasteiger partial charge in [-0.1, -0.05) is 26.5 Å². The minimum atomic E-state index is -0.170. The molecule has 2 aliphatic rings. The number of aromatic amines is 1. The maximum atomic E-state index is 12.9. The van der Waals surface area contributed by atoms with Crippen LogP contribution in [0.3, 0.4) is 0 Å². The fourth-order valence-corrected chi connectivity index (χ4v) is 3.19. The number of nitrogens with zero attached hydrogens (tertiary/aromatic N) is 3. The number of H-pyrrole nitrogens is 1. The monoisotopic (exact) mass is 370 g/mol. The molecule has 0 aliphatic carbocycles. The van der Waals surface area contributed by atoms with Crippen molar-refractivity contribution in [2.75, 3.05) is 26.2 Å². The van der Waals surface area contributed by atoms with E-state index in [0.29, 0.717) is 34.8 Å². The summed E-state index contributed by atoms with van der Waals surface area (Å²) in [4.78, 5) is 16.8. The first kappa shape index (κ1) is 19.0. The molecule has 7 nitrogen and oxygen atoms in total. The number of aromatic hydroxyl groups is 1. The Balaban J connectivity index is 0.00000102. The Labute approximate surface area is 159 Å². The smallest absolute Gasteiger partial charge is 0.276 e. The molecule has 1 amide bonds. The minimum Gasteiger partial charge on any atom is -0.504 e. The predicted octanol–water partition coefficient (Wildman–Crippen LogP) is 2.99. The molecule has 3 heterocycles. The zero-order valence-electron chi connectivity index (χ0n) is 15.9. The molecule has 1 aromatic heterocycles. The highest BCUT2D eigenvalue weighted by molar-refractivity contribution is 5.96. The largest absolute Gasteiger partial charge is 0.504 e. The van der Waals surface area contributed by atoms with Crippen molar-refractivity contribution in [1.82, 2.24) is 20.0 Å². The summed E-state index contributed by atoms with van der Waals surface area (Å²) in [7, 11) is 0. The standard InChI is InChI=1S/C18H20N4O3.C2H6/c1-2-22(10-9-21-7-4-8-21)18(24)16-13-11-25-17-12(15(13)19-20-16)5-3-6-14(17)23;1-2/h2-3,5-6,23H,1,4,7-11H2,(H,19,20);1-2H3. The third-order valence-corrected chi connectivity index (χ3v) is 4.78. The van der Waals surface area contributed by atoms with Crippen molar-refractivity contribution in [2.24, 2.45) is 0 Å². The van der Waals surface area contributed by atoms with Crippen molar-refractivity contribution in [3.8, 4) is 22.8 Å². The number of ether oxygens (including phenoxy) is 1. The van der Waals surface area contributed by atoms with Crippen LogP contribution in [-0.4, -0.2) is 57.2 Å². The van der Waals surface area contributed by atoms with Crippen LogP contribution in [0, 0.1) is 0 Å². The Hall–Kier alpha value is -2.80. The molecule has 144 valence electrons. The van der Waals surface area contributed by atoms with Crippen LogP contribution in [0.2, 0.25) is 0 Å². The molecule has 1 aromatic carbocycles. The van der Waals surface area contributed by atoms with Crippen molar-refractivity contribution in [2.45, 2.75) is 26.9 Å². The Bertz CT molecular complexity index is 827. The fraction of sp³-hybridized carbons (Fsp3) is 0.400. The van der Waals surface area contributed by atoms with Crippen LogP contribution in [0.4, 0.5) is 0 Å². The Morgan fingerprint density at radius 2 is 2.22 bits per heavy atom. The summed E-state index contributed by atoms with van der Waals surface area (Å²) in [6.07, 6.45) is 2.78. The van der Waals surface area contributed by atoms with Crippen molar-refractivity contribution >= 4 is 5.91 Å². The van der Waals surface area contributed by atoms with Gasteiger partial charge in [-0.05, 0) is 37.8 Å². The van der Waals surface area contributed by atoms with Gasteiger partial charge >= 0.3 is 0 Å². The molecule has 1 fully saturated rings. The lowest BCUT2D eigenvalue weighted by Gasteiger charge is -2.32. The van der Waals surface area contributed by atoms with Crippen LogP contribution < -0.4 is 4.74 Å². The van der Waals surface area contributed by atoms with E-state index in [1.54, 1.807) is 23.2 Å². The molecule has 0 bridgehead atoms. The lowest BCUT2D eigenvalue weighted by molar-refractivity contribution is 0.0782. The maximum absolute atomic E-state index is 12.9. The SMILES string of the molecule is C=CN(CCN1CCC1)C(=O)c1[nH]nc2c1COc1c(O)cccc1-2.CC. The Kier molecular flexibility index (Phi) is 5.81. The normalized spacial score (nSPS) is 14.6. The van der Waals surface area contributed by atoms with Gasteiger partial charge in [0.05, 0.1) is 0 Å². The average molecular weight is 370 g/mol. The molecule has 1 saturated heterocycles. The number of phenols is 1. The number of benzene rings is 1. The Morgan fingerprint density at radius 3 is 2.89 bits per heavy atom. The van der Waals surface area contributed by atoms with Gasteiger partial charge in [-0.2, -0.15) is 5.10 Å². The summed E-state index contributed by atoms with van der Waals surface area (Å²) in [5.41, 5.74) is 2.45. The van der Waals surface area contributed by atoms with Gasteiger partial charge in [-0.25, -0.2) is 0 Å². The van der Waals surface area contributed by atoms with E-state index in [4.69, 9.17) is 4.74 Å². The first-order valence-corrected chi connectivity index (χ1v) is 9.37. The highest BCUT2D eigenvalue weighted by Crippen LogP contribution is 2.42. The van der Waals surface area contributed by atoms with Crippen LogP contribution in [0.1, 0.15) is 36.3 Å². The first-order chi connectivity index (χ1) is 13.2. The van der Waals surface area contributed by atoms with E-state index >= 15 is 0 Å². The van der Waals surface area contributed by atoms with E-state index < -0.39 is 0 Å². The number of phenolic OH excluding ortho intramolecular Hbond substituents is 1. The Morgan fingerprint density at radius 1 is 1.44 bits per heavy atom. The molecule has 2 aromatic rings. The van der Waals surface area contributed by atoms with Crippen LogP contribution in [-0.2, 0) is 6.61 Å². The molecule has 0 radical (unpaired) electrons. The van der Waals surface area contributed by atoms with E-state index in [2.05, 4.69) is 21.7 Å². The van der Waals surface area contributed by atoms with Crippen LogP contribution in [0.5, 0.6) is 11.5 Å². The molecular formula is C20H26N4O3. The lowest BCUT2D eigenvalue weighted by atomic mass is 10.0. The third-order valence-electron chi connectivity index (χ3n) is 4.78. The quantitative estimate of drug-likeness (QED) is 0.846. The second kappa shape index (κ2) is 8.26. The van der Waals surface area contributed by atoms with Crippen LogP contribution in [0.15, 0.2) is 31.0 Å². The number of hydrogen-bond donors (Lipinski definition) is 2. The van der Waals surface area contributed by atoms with Gasteiger partial charge in [0.2, 0.25) is 0 Å². The molecule has 2 aliphatic heterocycles. The maximum Gasteiger partial charge on any atom is 0.276 e. The summed E-state index contributed by atoms with van der Waals surface area (Å²) < 4.78 is 5.65. The molecule has 27 heavy (non-hydrogen) atoms. The van der Waals surface area contributed by atoms with Gasteiger partial charge in [0.1, 0.15) is 18.0 Å². The number of para-hydroxylation sites is 1. The van der Waals surface area contributed by atoms with E-state index in [-0.39, 0.29) is 18.3 Å². The zero-order chi connectivity index (χ0) is 19.4. The number of nitrogens with one attached hydrogen (secondary N) is 1. The lowest BCUT2D eigenvalue weighted by Crippen LogP contribution is -2.42. The highest BCUT2D eigenvalue weighted by atomic mass is 16.5. The first-order valence-electron chi connectivity index (χ1n) is 9.37. The van der Waals surface area contributed by atoms with Gasteiger partial charge in [-0.3, -0.25) is 9.89 Å². The van der Waals surface area contributed by atoms with Crippen molar-refractivity contribution in [3.63, 3.8) is 0 Å². The van der Waals surface area contributed by atoms with Crippen molar-refractivity contribution < 1.29 is 14.6 Å². The zero-order valence-corrected chi connectivity index (χ0v) is 15.9. The fourth-order valence-electron chi connectivity index (χ4n) is 3.19. The molecule has 0 unspecified atom stereocenters. The van der Waals surface area contributed by atoms with E-state index in [9.17, 15) is 9.90 Å². The number of carbonyl (C=O) groups excluding carboxylic acids is 1. The van der Waals surface area contributed by atoms with Gasteiger partial charge in [0.25, 0.3) is 5.91 Å². The number of likely N-dealkylation sites (tertiary alicyclic amines) is 1. The number of aromatic nitrogens is 2. The van der Waals surface area contributed by atoms with Crippen LogP contribution in [0.25, 0.3) is 11.3 Å². The topological polar surface area (TPSA) is 81.7 Å². The summed E-state index contributed by atoms with van der Waals surface area (Å²) in [6.45, 7) is 11.6. The molecule has 0 atom stereocenters. The summed E-state index contributed by atoms with van der Waals surface area (Å²) in [5.74, 6) is 0.302. The van der Waals surface area contributed by atoms with Gasteiger partial charge in [-0.15, -0.1) is 0 Å². The van der Waals surface area contributed by atoms with Crippen molar-refractivity contribution in [1.29, 1.82) is 0 Å². The number of hydrogen-bond acceptors (Lipinski definition) is 5. The summed E-state index contributed by atoms with van der Waals surface area (Å²) in [5, 5.41) is 17.1.